The van der Waals surface area contributed by atoms with Gasteiger partial charge in [-0.25, -0.2) is 4.79 Å². The zero-order valence-corrected chi connectivity index (χ0v) is 6.40. The molecule has 1 aromatic heterocycles. The van der Waals surface area contributed by atoms with Crippen molar-refractivity contribution in [1.29, 1.82) is 0 Å². The van der Waals surface area contributed by atoms with Gasteiger partial charge in [0.2, 0.25) is 0 Å². The minimum atomic E-state index is -0.579. The highest BCUT2D eigenvalue weighted by Gasteiger charge is 2.16. The minimum absolute atomic E-state index is 0.0758. The molecule has 0 spiro atoms. The molecule has 0 aliphatic rings. The van der Waals surface area contributed by atoms with Crippen LogP contribution < -0.4 is 0 Å². The van der Waals surface area contributed by atoms with Gasteiger partial charge in [0.1, 0.15) is 5.56 Å². The number of ether oxygens (including phenoxy) is 1. The van der Waals surface area contributed by atoms with E-state index in [4.69, 9.17) is 6.57 Å². The molecular weight excluding hydrogens is 160 g/mol. The lowest BCUT2D eigenvalue weighted by Crippen LogP contribution is -2.02. The summed E-state index contributed by atoms with van der Waals surface area (Å²) in [6.45, 7) is 8.56. The number of rotatable bonds is 2. The van der Waals surface area contributed by atoms with Crippen molar-refractivity contribution in [1.82, 2.24) is 5.16 Å². The summed E-state index contributed by atoms with van der Waals surface area (Å²) in [5, 5.41) is 3.31. The van der Waals surface area contributed by atoms with Crippen molar-refractivity contribution in [2.45, 2.75) is 6.92 Å². The van der Waals surface area contributed by atoms with Crippen molar-refractivity contribution >= 4 is 11.9 Å². The van der Waals surface area contributed by atoms with Crippen LogP contribution in [0.1, 0.15) is 17.3 Å². The van der Waals surface area contributed by atoms with E-state index in [0.29, 0.717) is 0 Å². The Morgan fingerprint density at radius 2 is 2.67 bits per heavy atom. The molecule has 0 atom stereocenters. The van der Waals surface area contributed by atoms with Gasteiger partial charge in [0.25, 0.3) is 0 Å². The van der Waals surface area contributed by atoms with Gasteiger partial charge in [0.05, 0.1) is 19.4 Å². The smallest absolute Gasteiger partial charge is 0.382 e. The van der Waals surface area contributed by atoms with Gasteiger partial charge in [-0.15, -0.1) is 5.16 Å². The van der Waals surface area contributed by atoms with Crippen LogP contribution in [0.4, 0.5) is 5.88 Å². The molecule has 0 N–H and O–H groups in total. The predicted molar refractivity (Wildman–Crippen MR) is 38.7 cm³/mol. The maximum atomic E-state index is 11.0. The molecule has 0 aliphatic heterocycles. The summed E-state index contributed by atoms with van der Waals surface area (Å²) in [7, 11) is 0. The van der Waals surface area contributed by atoms with E-state index in [-0.39, 0.29) is 18.1 Å². The molecule has 62 valence electrons. The largest absolute Gasteiger partial charge is 0.463 e. The first-order chi connectivity index (χ1) is 5.79. The van der Waals surface area contributed by atoms with E-state index in [1.807, 2.05) is 0 Å². The van der Waals surface area contributed by atoms with E-state index in [0.717, 1.165) is 0 Å². The van der Waals surface area contributed by atoms with Crippen molar-refractivity contribution in [2.24, 2.45) is 0 Å². The van der Waals surface area contributed by atoms with Crippen molar-refractivity contribution < 1.29 is 14.1 Å². The van der Waals surface area contributed by atoms with E-state index in [2.05, 4.69) is 19.3 Å². The molecule has 0 fully saturated rings. The topological polar surface area (TPSA) is 56.7 Å². The first kappa shape index (κ1) is 8.27. The summed E-state index contributed by atoms with van der Waals surface area (Å²) >= 11 is 0. The summed E-state index contributed by atoms with van der Waals surface area (Å²) in [5.74, 6) is -0.710. The molecule has 0 saturated carbocycles. The quantitative estimate of drug-likeness (QED) is 0.492. The number of aromatic nitrogens is 1. The monoisotopic (exact) mass is 166 g/mol. The summed E-state index contributed by atoms with van der Waals surface area (Å²) in [6, 6.07) is 0. The number of esters is 1. The maximum Gasteiger partial charge on any atom is 0.382 e. The van der Waals surface area contributed by atoms with Gasteiger partial charge >= 0.3 is 11.9 Å². The van der Waals surface area contributed by atoms with Gasteiger partial charge < -0.3 is 9.26 Å². The lowest BCUT2D eigenvalue weighted by molar-refractivity contribution is 0.0527. The summed E-state index contributed by atoms with van der Waals surface area (Å²) < 4.78 is 9.12. The van der Waals surface area contributed by atoms with E-state index in [1.165, 1.54) is 6.20 Å². The van der Waals surface area contributed by atoms with Crippen molar-refractivity contribution in [3.63, 3.8) is 0 Å². The van der Waals surface area contributed by atoms with Gasteiger partial charge in [-0.05, 0) is 6.92 Å². The molecule has 12 heavy (non-hydrogen) atoms. The molecule has 5 heteroatoms. The molecule has 1 aromatic rings. The Kier molecular flexibility index (Phi) is 2.43. The van der Waals surface area contributed by atoms with Crippen LogP contribution in [-0.2, 0) is 4.74 Å². The zero-order chi connectivity index (χ0) is 8.97. The minimum Gasteiger partial charge on any atom is -0.463 e. The van der Waals surface area contributed by atoms with Gasteiger partial charge in [-0.3, -0.25) is 0 Å². The molecule has 0 radical (unpaired) electrons. The standard InChI is InChI=1S/C7H6N2O3/c1-3-11-7(10)5-4-9-12-6(5)8-2/h4H,3H2,1H3. The molecule has 5 nitrogen and oxygen atoms in total. The van der Waals surface area contributed by atoms with E-state index in [9.17, 15) is 4.79 Å². The first-order valence-electron chi connectivity index (χ1n) is 3.28. The predicted octanol–water partition coefficient (Wildman–Crippen LogP) is 1.40. The first-order valence-corrected chi connectivity index (χ1v) is 3.28. The van der Waals surface area contributed by atoms with Crippen LogP contribution in [0, 0.1) is 6.57 Å². The van der Waals surface area contributed by atoms with E-state index in [1.54, 1.807) is 6.92 Å². The maximum absolute atomic E-state index is 11.0. The molecule has 0 unspecified atom stereocenters. The third kappa shape index (κ3) is 1.42. The molecular formula is C7H6N2O3. The summed E-state index contributed by atoms with van der Waals surface area (Å²) in [5.41, 5.74) is 0.0758. The lowest BCUT2D eigenvalue weighted by Gasteiger charge is -1.96. The van der Waals surface area contributed by atoms with E-state index >= 15 is 0 Å². The third-order valence-electron chi connectivity index (χ3n) is 1.15. The van der Waals surface area contributed by atoms with Crippen LogP contribution in [0.3, 0.4) is 0 Å². The fourth-order valence-corrected chi connectivity index (χ4v) is 0.663. The van der Waals surface area contributed by atoms with Gasteiger partial charge in [0.15, 0.2) is 0 Å². The second-order valence-electron chi connectivity index (χ2n) is 1.88. The average molecular weight is 166 g/mol. The molecule has 0 aliphatic carbocycles. The Morgan fingerprint density at radius 3 is 3.25 bits per heavy atom. The summed E-state index contributed by atoms with van der Waals surface area (Å²) in [4.78, 5) is 14.0. The molecule has 0 amide bonds. The van der Waals surface area contributed by atoms with Crippen LogP contribution in [0.2, 0.25) is 0 Å². The number of carbonyl (C=O) groups is 1. The highest BCUT2D eigenvalue weighted by Crippen LogP contribution is 2.18. The Bertz CT molecular complexity index is 324. The highest BCUT2D eigenvalue weighted by molar-refractivity contribution is 5.93. The molecule has 1 heterocycles. The van der Waals surface area contributed by atoms with Crippen molar-refractivity contribution in [2.75, 3.05) is 6.61 Å². The summed E-state index contributed by atoms with van der Waals surface area (Å²) in [6.07, 6.45) is 1.17. The normalized spacial score (nSPS) is 9.00. The number of nitrogens with zero attached hydrogens (tertiary/aromatic N) is 2. The van der Waals surface area contributed by atoms with Crippen LogP contribution in [0.15, 0.2) is 10.7 Å². The average Bonchev–Trinajstić information content (AvgIpc) is 2.51. The second kappa shape index (κ2) is 3.53. The van der Waals surface area contributed by atoms with Crippen LogP contribution in [-0.4, -0.2) is 17.7 Å². The Hall–Kier alpha value is -1.83. The van der Waals surface area contributed by atoms with Crippen LogP contribution in [0.5, 0.6) is 0 Å². The Morgan fingerprint density at radius 1 is 1.92 bits per heavy atom. The fourth-order valence-electron chi connectivity index (χ4n) is 0.663. The molecule has 1 rings (SSSR count). The Labute approximate surface area is 68.7 Å². The van der Waals surface area contributed by atoms with E-state index < -0.39 is 5.97 Å². The van der Waals surface area contributed by atoms with Crippen molar-refractivity contribution in [3.8, 4) is 0 Å². The fraction of sp³-hybridized carbons (Fsp3) is 0.286. The highest BCUT2D eigenvalue weighted by atomic mass is 16.5. The second-order valence-corrected chi connectivity index (χ2v) is 1.88. The number of carbonyl (C=O) groups excluding carboxylic acids is 1. The van der Waals surface area contributed by atoms with Crippen LogP contribution in [0.25, 0.3) is 4.85 Å². The SMILES string of the molecule is [C-]#[N+]c1oncc1C(=O)OCC. The lowest BCUT2D eigenvalue weighted by atomic mass is 10.3. The van der Waals surface area contributed by atoms with Gasteiger partial charge in [0, 0.05) is 0 Å². The van der Waals surface area contributed by atoms with Crippen molar-refractivity contribution in [3.05, 3.63) is 23.2 Å². The molecule has 0 bridgehead atoms. The van der Waals surface area contributed by atoms with Gasteiger partial charge in [-0.2, -0.15) is 4.85 Å². The number of hydrogen-bond acceptors (Lipinski definition) is 4. The molecule has 0 aromatic carbocycles. The zero-order valence-electron chi connectivity index (χ0n) is 6.40. The van der Waals surface area contributed by atoms with Crippen LogP contribution >= 0.6 is 0 Å². The Balaban J connectivity index is 2.88. The third-order valence-corrected chi connectivity index (χ3v) is 1.15. The van der Waals surface area contributed by atoms with Gasteiger partial charge in [-0.1, -0.05) is 0 Å². The molecule has 0 saturated heterocycles. The number of hydrogen-bond donors (Lipinski definition) is 0.